The van der Waals surface area contributed by atoms with E-state index in [4.69, 9.17) is 0 Å². The zero-order chi connectivity index (χ0) is 10.3. The normalized spacial score (nSPS) is 24.5. The number of benzene rings is 1. The maximum atomic E-state index is 11.4. The number of hydrogen-bond donors (Lipinski definition) is 0. The fourth-order valence-corrected chi connectivity index (χ4v) is 2.58. The van der Waals surface area contributed by atoms with Gasteiger partial charge in [0, 0.05) is 22.2 Å². The SMILES string of the molecule is CC1(C)C(=O)CC1c1ccccc1Br. The van der Waals surface area contributed by atoms with Crippen molar-refractivity contribution in [3.63, 3.8) is 0 Å². The third-order valence-electron chi connectivity index (χ3n) is 3.26. The Bertz CT molecular complexity index is 382. The monoisotopic (exact) mass is 252 g/mol. The molecule has 1 fully saturated rings. The van der Waals surface area contributed by atoms with E-state index < -0.39 is 0 Å². The summed E-state index contributed by atoms with van der Waals surface area (Å²) in [6.07, 6.45) is 0.690. The lowest BCUT2D eigenvalue weighted by Crippen LogP contribution is -2.43. The molecule has 0 heterocycles. The fourth-order valence-electron chi connectivity index (χ4n) is 2.02. The molecule has 1 aromatic rings. The average molecular weight is 253 g/mol. The predicted molar refractivity (Wildman–Crippen MR) is 60.3 cm³/mol. The summed E-state index contributed by atoms with van der Waals surface area (Å²) in [7, 11) is 0. The molecule has 74 valence electrons. The summed E-state index contributed by atoms with van der Waals surface area (Å²) in [6.45, 7) is 4.06. The Balaban J connectivity index is 2.35. The molecule has 14 heavy (non-hydrogen) atoms. The molecule has 0 bridgehead atoms. The van der Waals surface area contributed by atoms with E-state index in [1.54, 1.807) is 0 Å². The minimum Gasteiger partial charge on any atom is -0.299 e. The zero-order valence-electron chi connectivity index (χ0n) is 8.38. The standard InChI is InChI=1S/C12H13BrO/c1-12(2)9(7-11(12)14)8-5-3-4-6-10(8)13/h3-6,9H,7H2,1-2H3. The van der Waals surface area contributed by atoms with Gasteiger partial charge in [-0.2, -0.15) is 0 Å². The Morgan fingerprint density at radius 1 is 1.36 bits per heavy atom. The largest absolute Gasteiger partial charge is 0.299 e. The molecule has 1 nitrogen and oxygen atoms in total. The molecule has 0 saturated heterocycles. The Morgan fingerprint density at radius 3 is 2.50 bits per heavy atom. The highest BCUT2D eigenvalue weighted by Crippen LogP contribution is 2.50. The molecule has 0 amide bonds. The summed E-state index contributed by atoms with van der Waals surface area (Å²) in [4.78, 5) is 11.4. The summed E-state index contributed by atoms with van der Waals surface area (Å²) in [5.41, 5.74) is 1.08. The molecule has 1 atom stereocenters. The molecule has 1 saturated carbocycles. The van der Waals surface area contributed by atoms with E-state index in [-0.39, 0.29) is 5.41 Å². The van der Waals surface area contributed by atoms with Crippen molar-refractivity contribution in [3.8, 4) is 0 Å². The van der Waals surface area contributed by atoms with Crippen LogP contribution >= 0.6 is 15.9 Å². The lowest BCUT2D eigenvalue weighted by molar-refractivity contribution is -0.138. The summed E-state index contributed by atoms with van der Waals surface area (Å²) in [5.74, 6) is 0.754. The van der Waals surface area contributed by atoms with Gasteiger partial charge in [0.15, 0.2) is 0 Å². The molecule has 0 aliphatic heterocycles. The summed E-state index contributed by atoms with van der Waals surface area (Å²) in [6, 6.07) is 8.16. The van der Waals surface area contributed by atoms with Crippen LogP contribution in [0.25, 0.3) is 0 Å². The topological polar surface area (TPSA) is 17.1 Å². The van der Waals surface area contributed by atoms with Crippen LogP contribution in [0.5, 0.6) is 0 Å². The van der Waals surface area contributed by atoms with E-state index in [0.717, 1.165) is 4.47 Å². The first-order valence-electron chi connectivity index (χ1n) is 4.81. The molecule has 2 heteroatoms. The minimum absolute atomic E-state index is 0.177. The van der Waals surface area contributed by atoms with Crippen molar-refractivity contribution in [2.24, 2.45) is 5.41 Å². The lowest BCUT2D eigenvalue weighted by atomic mass is 9.59. The van der Waals surface area contributed by atoms with E-state index in [1.165, 1.54) is 5.56 Å². The van der Waals surface area contributed by atoms with Gasteiger partial charge in [0.25, 0.3) is 0 Å². The number of carbonyl (C=O) groups excluding carboxylic acids is 1. The number of halogens is 1. The molecule has 0 spiro atoms. The first kappa shape index (κ1) is 9.91. The van der Waals surface area contributed by atoms with Crippen molar-refractivity contribution in [2.45, 2.75) is 26.2 Å². The number of carbonyl (C=O) groups is 1. The van der Waals surface area contributed by atoms with Crippen LogP contribution in [0.4, 0.5) is 0 Å². The Morgan fingerprint density at radius 2 is 2.00 bits per heavy atom. The van der Waals surface area contributed by atoms with Gasteiger partial charge in [-0.3, -0.25) is 4.79 Å². The van der Waals surface area contributed by atoms with Gasteiger partial charge in [0.05, 0.1) is 0 Å². The first-order chi connectivity index (χ1) is 6.53. The van der Waals surface area contributed by atoms with E-state index in [1.807, 2.05) is 32.0 Å². The molecule has 0 N–H and O–H groups in total. The van der Waals surface area contributed by atoms with Gasteiger partial charge in [0.2, 0.25) is 0 Å². The summed E-state index contributed by atoms with van der Waals surface area (Å²) < 4.78 is 1.12. The minimum atomic E-state index is -0.177. The highest BCUT2D eigenvalue weighted by atomic mass is 79.9. The second-order valence-corrected chi connectivity index (χ2v) is 5.28. The van der Waals surface area contributed by atoms with Gasteiger partial charge in [-0.25, -0.2) is 0 Å². The van der Waals surface area contributed by atoms with Gasteiger partial charge in [-0.1, -0.05) is 48.0 Å². The van der Waals surface area contributed by atoms with Crippen LogP contribution in [0.15, 0.2) is 28.7 Å². The molecular formula is C12H13BrO. The summed E-state index contributed by atoms with van der Waals surface area (Å²) >= 11 is 3.53. The Labute approximate surface area is 92.6 Å². The molecule has 1 aliphatic rings. The van der Waals surface area contributed by atoms with Crippen LogP contribution in [-0.4, -0.2) is 5.78 Å². The van der Waals surface area contributed by atoms with Crippen LogP contribution in [0.3, 0.4) is 0 Å². The quantitative estimate of drug-likeness (QED) is 0.748. The fraction of sp³-hybridized carbons (Fsp3) is 0.417. The Hall–Kier alpha value is -0.630. The van der Waals surface area contributed by atoms with Crippen molar-refractivity contribution >= 4 is 21.7 Å². The number of hydrogen-bond acceptors (Lipinski definition) is 1. The van der Waals surface area contributed by atoms with Gasteiger partial charge in [0.1, 0.15) is 5.78 Å². The molecule has 1 aromatic carbocycles. The van der Waals surface area contributed by atoms with E-state index in [9.17, 15) is 4.79 Å². The molecule has 0 aromatic heterocycles. The molecule has 1 unspecified atom stereocenters. The Kier molecular flexibility index (Phi) is 2.26. The van der Waals surface area contributed by atoms with Crippen molar-refractivity contribution in [1.29, 1.82) is 0 Å². The highest BCUT2D eigenvalue weighted by Gasteiger charge is 2.48. The highest BCUT2D eigenvalue weighted by molar-refractivity contribution is 9.10. The first-order valence-corrected chi connectivity index (χ1v) is 5.60. The third kappa shape index (κ3) is 1.33. The number of ketones is 1. The van der Waals surface area contributed by atoms with Crippen LogP contribution in [0, 0.1) is 5.41 Å². The maximum Gasteiger partial charge on any atom is 0.139 e. The van der Waals surface area contributed by atoms with Crippen molar-refractivity contribution in [1.82, 2.24) is 0 Å². The molecule has 2 rings (SSSR count). The predicted octanol–water partition coefficient (Wildman–Crippen LogP) is 3.53. The van der Waals surface area contributed by atoms with Crippen LogP contribution < -0.4 is 0 Å². The van der Waals surface area contributed by atoms with Crippen LogP contribution in [-0.2, 0) is 4.79 Å². The maximum absolute atomic E-state index is 11.4. The van der Waals surface area contributed by atoms with E-state index in [0.29, 0.717) is 18.1 Å². The van der Waals surface area contributed by atoms with Crippen molar-refractivity contribution in [3.05, 3.63) is 34.3 Å². The van der Waals surface area contributed by atoms with Crippen LogP contribution in [0.1, 0.15) is 31.7 Å². The van der Waals surface area contributed by atoms with Gasteiger partial charge in [-0.15, -0.1) is 0 Å². The van der Waals surface area contributed by atoms with Crippen molar-refractivity contribution < 1.29 is 4.79 Å². The number of rotatable bonds is 1. The molecular weight excluding hydrogens is 240 g/mol. The molecule has 0 radical (unpaired) electrons. The average Bonchev–Trinajstić information content (AvgIpc) is 2.16. The van der Waals surface area contributed by atoms with Gasteiger partial charge < -0.3 is 0 Å². The second-order valence-electron chi connectivity index (χ2n) is 4.42. The zero-order valence-corrected chi connectivity index (χ0v) is 9.97. The van der Waals surface area contributed by atoms with Gasteiger partial charge >= 0.3 is 0 Å². The smallest absolute Gasteiger partial charge is 0.139 e. The van der Waals surface area contributed by atoms with E-state index >= 15 is 0 Å². The van der Waals surface area contributed by atoms with Crippen LogP contribution in [0.2, 0.25) is 0 Å². The second kappa shape index (κ2) is 3.20. The van der Waals surface area contributed by atoms with E-state index in [2.05, 4.69) is 22.0 Å². The van der Waals surface area contributed by atoms with Gasteiger partial charge in [-0.05, 0) is 11.6 Å². The molecule has 1 aliphatic carbocycles. The third-order valence-corrected chi connectivity index (χ3v) is 3.98. The van der Waals surface area contributed by atoms with Crippen molar-refractivity contribution in [2.75, 3.05) is 0 Å². The lowest BCUT2D eigenvalue weighted by Gasteiger charge is -2.43. The summed E-state index contributed by atoms with van der Waals surface area (Å²) in [5, 5.41) is 0. The number of Topliss-reactive ketones (excluding diaryl/α,β-unsaturated/α-hetero) is 1.